The number of alkyl halides is 3. The zero-order chi connectivity index (χ0) is 18.5. The number of allylic oxidation sites excluding steroid dienone is 1. The maximum Gasteiger partial charge on any atom is 0.416 e. The fourth-order valence-corrected chi connectivity index (χ4v) is 1.79. The van der Waals surface area contributed by atoms with E-state index in [0.717, 1.165) is 12.3 Å². The highest BCUT2D eigenvalue weighted by Crippen LogP contribution is 2.34. The predicted octanol–water partition coefficient (Wildman–Crippen LogP) is 5.47. The highest BCUT2D eigenvalue weighted by molar-refractivity contribution is 6.31. The summed E-state index contributed by atoms with van der Waals surface area (Å²) in [5.74, 6) is 0. The van der Waals surface area contributed by atoms with Crippen LogP contribution in [0.1, 0.15) is 38.3 Å². The summed E-state index contributed by atoms with van der Waals surface area (Å²) in [4.78, 5) is 0. The molecule has 0 aliphatic heterocycles. The lowest BCUT2D eigenvalue weighted by atomic mass is 10.1. The molecular weight excluding hydrogens is 334 g/mol. The van der Waals surface area contributed by atoms with Gasteiger partial charge in [0, 0.05) is 29.0 Å². The normalized spacial score (nSPS) is 10.7. The molecule has 0 atom stereocenters. The Kier molecular flexibility index (Phi) is 13.0. The highest BCUT2D eigenvalue weighted by atomic mass is 35.5. The van der Waals surface area contributed by atoms with Crippen molar-refractivity contribution < 1.29 is 17.7 Å². The Bertz CT molecular complexity index is 476. The van der Waals surface area contributed by atoms with Gasteiger partial charge in [0.15, 0.2) is 0 Å². The molecule has 0 aliphatic rings. The van der Waals surface area contributed by atoms with Crippen molar-refractivity contribution in [2.24, 2.45) is 0 Å². The summed E-state index contributed by atoms with van der Waals surface area (Å²) in [5.41, 5.74) is 0.920. The van der Waals surface area contributed by atoms with Crippen LogP contribution in [0.5, 0.6) is 0 Å². The van der Waals surface area contributed by atoms with Crippen molar-refractivity contribution in [3.8, 4) is 0 Å². The van der Waals surface area contributed by atoms with E-state index in [2.05, 4.69) is 12.0 Å². The van der Waals surface area contributed by atoms with Gasteiger partial charge in [-0.1, -0.05) is 38.4 Å². The van der Waals surface area contributed by atoms with Gasteiger partial charge in [-0.05, 0) is 25.3 Å². The van der Waals surface area contributed by atoms with Gasteiger partial charge in [-0.2, -0.15) is 13.2 Å². The zero-order valence-corrected chi connectivity index (χ0v) is 14.1. The zero-order valence-electron chi connectivity index (χ0n) is 13.3. The first-order chi connectivity index (χ1) is 10.9. The van der Waals surface area contributed by atoms with Crippen LogP contribution in [0, 0.1) is 5.41 Å². The largest absolute Gasteiger partial charge is 0.416 e. The Labute approximate surface area is 139 Å². The molecule has 3 N–H and O–H groups in total. The molecule has 0 heterocycles. The van der Waals surface area contributed by atoms with Gasteiger partial charge in [-0.3, -0.25) is 0 Å². The van der Waals surface area contributed by atoms with E-state index < -0.39 is 11.7 Å². The van der Waals surface area contributed by atoms with E-state index in [1.54, 1.807) is 6.92 Å². The lowest BCUT2D eigenvalue weighted by Gasteiger charge is -2.16. The van der Waals surface area contributed by atoms with Crippen LogP contribution in [0.25, 0.3) is 0 Å². The molecule has 23 heavy (non-hydrogen) atoms. The van der Waals surface area contributed by atoms with Crippen molar-refractivity contribution >= 4 is 18.3 Å². The van der Waals surface area contributed by atoms with Crippen LogP contribution in [-0.2, 0) is 12.7 Å². The summed E-state index contributed by atoms with van der Waals surface area (Å²) in [7, 11) is 0. The molecule has 0 unspecified atom stereocenters. The molecule has 0 saturated heterocycles. The van der Waals surface area contributed by atoms with Gasteiger partial charge < -0.3 is 10.7 Å². The first kappa shape index (κ1) is 23.5. The molecular formula is C15H22ClF4N3. The van der Waals surface area contributed by atoms with Gasteiger partial charge >= 0.3 is 6.18 Å². The van der Waals surface area contributed by atoms with Gasteiger partial charge in [0.25, 0.3) is 0 Å². The van der Waals surface area contributed by atoms with E-state index in [4.69, 9.17) is 17.0 Å². The van der Waals surface area contributed by atoms with Crippen molar-refractivity contribution in [3.63, 3.8) is 0 Å². The van der Waals surface area contributed by atoms with E-state index in [0.29, 0.717) is 12.1 Å². The van der Waals surface area contributed by atoms with Crippen LogP contribution in [0.3, 0.4) is 0 Å². The van der Waals surface area contributed by atoms with Gasteiger partial charge in [0.2, 0.25) is 0 Å². The van der Waals surface area contributed by atoms with Crippen molar-refractivity contribution in [2.45, 2.75) is 39.9 Å². The maximum atomic E-state index is 12.8. The summed E-state index contributed by atoms with van der Waals surface area (Å²) in [6.07, 6.45) is -2.98. The van der Waals surface area contributed by atoms with E-state index in [9.17, 15) is 17.7 Å². The van der Waals surface area contributed by atoms with Crippen molar-refractivity contribution in [1.82, 2.24) is 10.9 Å². The second kappa shape index (κ2) is 12.8. The Balaban J connectivity index is 0. The Morgan fingerprint density at radius 2 is 1.87 bits per heavy atom. The minimum atomic E-state index is -4.48. The molecule has 0 spiro atoms. The third-order valence-corrected chi connectivity index (χ3v) is 2.88. The third-order valence-electron chi connectivity index (χ3n) is 2.53. The second-order valence-corrected chi connectivity index (χ2v) is 4.16. The molecule has 1 aromatic rings. The molecule has 0 amide bonds. The fraction of sp³-hybridized carbons (Fsp3) is 0.400. The van der Waals surface area contributed by atoms with E-state index in [1.165, 1.54) is 17.7 Å². The van der Waals surface area contributed by atoms with E-state index in [-0.39, 0.29) is 17.1 Å². The Morgan fingerprint density at radius 1 is 1.30 bits per heavy atom. The predicted molar refractivity (Wildman–Crippen MR) is 87.1 cm³/mol. The second-order valence-electron chi connectivity index (χ2n) is 3.75. The van der Waals surface area contributed by atoms with Gasteiger partial charge in [0.05, 0.1) is 5.56 Å². The minimum Gasteiger partial charge on any atom is -0.383 e. The van der Waals surface area contributed by atoms with E-state index >= 15 is 0 Å². The lowest BCUT2D eigenvalue weighted by Crippen LogP contribution is -2.18. The summed E-state index contributed by atoms with van der Waals surface area (Å²) < 4.78 is 50.4. The Morgan fingerprint density at radius 3 is 2.30 bits per heavy atom. The van der Waals surface area contributed by atoms with E-state index in [1.807, 2.05) is 13.8 Å². The number of rotatable bonds is 5. The van der Waals surface area contributed by atoms with Crippen molar-refractivity contribution in [3.05, 3.63) is 46.2 Å². The van der Waals surface area contributed by atoms with Gasteiger partial charge in [-0.15, -0.1) is 4.48 Å². The molecule has 0 radical (unpaired) electrons. The number of nitrogens with one attached hydrogen (secondary N) is 3. The molecule has 1 rings (SSSR count). The smallest absolute Gasteiger partial charge is 0.383 e. The van der Waals surface area contributed by atoms with Crippen LogP contribution < -0.4 is 10.9 Å². The minimum absolute atomic E-state index is 0.0194. The molecule has 1 aromatic carbocycles. The molecule has 3 nitrogen and oxygen atoms in total. The monoisotopic (exact) mass is 355 g/mol. The van der Waals surface area contributed by atoms with Crippen molar-refractivity contribution in [1.29, 1.82) is 5.41 Å². The first-order valence-electron chi connectivity index (χ1n) is 6.89. The average Bonchev–Trinajstić information content (AvgIpc) is 2.55. The molecule has 0 saturated carbocycles. The lowest BCUT2D eigenvalue weighted by molar-refractivity contribution is -0.138. The quantitative estimate of drug-likeness (QED) is 0.373. The van der Waals surface area contributed by atoms with Crippen LogP contribution in [0.15, 0.2) is 30.1 Å². The number of halogens is 5. The molecule has 8 heteroatoms. The van der Waals surface area contributed by atoms with Crippen LogP contribution in [-0.4, -0.2) is 6.72 Å². The average molecular weight is 356 g/mol. The van der Waals surface area contributed by atoms with Crippen LogP contribution >= 0.6 is 11.6 Å². The van der Waals surface area contributed by atoms with Crippen LogP contribution in [0.2, 0.25) is 5.02 Å². The molecule has 0 fully saturated rings. The van der Waals surface area contributed by atoms with Crippen molar-refractivity contribution in [2.75, 3.05) is 0 Å². The number of hydrogen-bond donors (Lipinski definition) is 3. The SMILES string of the molecule is C=N.CC.CC/C(=C\NF)NCc1c(Cl)cccc1C(F)(F)F. The first-order valence-corrected chi connectivity index (χ1v) is 7.27. The molecule has 0 aliphatic carbocycles. The fourth-order valence-electron chi connectivity index (χ4n) is 1.55. The highest BCUT2D eigenvalue weighted by Gasteiger charge is 2.33. The Hall–Kier alpha value is -1.76. The molecule has 0 aromatic heterocycles. The number of benzene rings is 1. The van der Waals surface area contributed by atoms with Gasteiger partial charge in [0.1, 0.15) is 0 Å². The summed E-state index contributed by atoms with van der Waals surface area (Å²) in [5, 5.41) is 8.23. The third kappa shape index (κ3) is 8.44. The summed E-state index contributed by atoms with van der Waals surface area (Å²) in [6.45, 7) is 8.11. The molecule has 0 bridgehead atoms. The molecule has 132 valence electrons. The standard InChI is InChI=1S/C12H13ClF4N2.C2H6.CH3N/c1-2-8(6-19-17)18-7-9-10(12(14,15)16)4-3-5-11(9)13;2*1-2/h3-6,18-19H,2,7H2,1H3;1-2H3;2H,1H2/b8-6+;;. The van der Waals surface area contributed by atoms with Crippen LogP contribution in [0.4, 0.5) is 17.7 Å². The summed E-state index contributed by atoms with van der Waals surface area (Å²) >= 11 is 5.79. The topological polar surface area (TPSA) is 47.9 Å². The number of hydrogen-bond acceptors (Lipinski definition) is 3. The summed E-state index contributed by atoms with van der Waals surface area (Å²) in [6, 6.07) is 3.59. The van der Waals surface area contributed by atoms with Gasteiger partial charge in [-0.25, -0.2) is 5.54 Å². The maximum absolute atomic E-state index is 12.8.